The number of carbonyl (C=O) groups is 1. The van der Waals surface area contributed by atoms with Crippen molar-refractivity contribution in [2.24, 2.45) is 10.6 Å². The van der Waals surface area contributed by atoms with Crippen molar-refractivity contribution in [3.63, 3.8) is 0 Å². The lowest BCUT2D eigenvalue weighted by atomic mass is 9.84. The molecule has 1 heterocycles. The summed E-state index contributed by atoms with van der Waals surface area (Å²) in [5.74, 6) is -0.566. The molecule has 2 N–H and O–H groups in total. The van der Waals surface area contributed by atoms with Crippen LogP contribution < -0.4 is 10.0 Å². The van der Waals surface area contributed by atoms with Crippen LogP contribution in [0.2, 0.25) is 0 Å². The quantitative estimate of drug-likeness (QED) is 0.855. The number of carbonyl (C=O) groups excluding carboxylic acids is 1. The smallest absolute Gasteiger partial charge is 0.340 e. The van der Waals surface area contributed by atoms with Gasteiger partial charge in [0, 0.05) is 13.1 Å². The van der Waals surface area contributed by atoms with E-state index < -0.39 is 16.0 Å². The summed E-state index contributed by atoms with van der Waals surface area (Å²) in [6.45, 7) is 5.97. The fourth-order valence-electron chi connectivity index (χ4n) is 2.87. The van der Waals surface area contributed by atoms with Crippen LogP contribution in [-0.4, -0.2) is 34.6 Å². The second-order valence-electron chi connectivity index (χ2n) is 6.40. The third-order valence-electron chi connectivity index (χ3n) is 3.94. The van der Waals surface area contributed by atoms with Crippen LogP contribution in [0.1, 0.15) is 37.0 Å². The van der Waals surface area contributed by atoms with Gasteiger partial charge in [-0.15, -0.1) is 0 Å². The molecule has 22 heavy (non-hydrogen) atoms. The predicted octanol–water partition coefficient (Wildman–Crippen LogP) is 1.75. The van der Waals surface area contributed by atoms with Crippen LogP contribution in [0.4, 0.5) is 5.69 Å². The Bertz CT molecular complexity index is 683. The predicted molar refractivity (Wildman–Crippen MR) is 84.4 cm³/mol. The number of primary sulfonamides is 1. The van der Waals surface area contributed by atoms with Gasteiger partial charge >= 0.3 is 5.97 Å². The lowest BCUT2D eigenvalue weighted by Crippen LogP contribution is -2.40. The number of rotatable bonds is 3. The molecule has 1 saturated heterocycles. The second-order valence-corrected chi connectivity index (χ2v) is 7.97. The highest BCUT2D eigenvalue weighted by Gasteiger charge is 2.29. The van der Waals surface area contributed by atoms with Crippen LogP contribution in [0.25, 0.3) is 0 Å². The Balaban J connectivity index is 2.49. The highest BCUT2D eigenvalue weighted by Crippen LogP contribution is 2.34. The standard InChI is InChI=1S/C15H22N2O4S/c1-15(2)7-4-8-17(10-15)13-6-5-11(22(16,19)20)9-12(13)14(18)21-3/h5-6,9H,4,7-8,10H2,1-3H3,(H2,16,19,20). The first-order chi connectivity index (χ1) is 10.1. The molecule has 6 nitrogen and oxygen atoms in total. The van der Waals surface area contributed by atoms with Crippen molar-refractivity contribution in [1.29, 1.82) is 0 Å². The van der Waals surface area contributed by atoms with E-state index >= 15 is 0 Å². The van der Waals surface area contributed by atoms with Crippen molar-refractivity contribution in [3.05, 3.63) is 23.8 Å². The lowest BCUT2D eigenvalue weighted by molar-refractivity contribution is 0.0601. The number of nitrogens with zero attached hydrogens (tertiary/aromatic N) is 1. The molecule has 2 rings (SSSR count). The summed E-state index contributed by atoms with van der Waals surface area (Å²) < 4.78 is 27.8. The molecule has 1 fully saturated rings. The fourth-order valence-corrected chi connectivity index (χ4v) is 3.41. The third-order valence-corrected chi connectivity index (χ3v) is 4.85. The van der Waals surface area contributed by atoms with E-state index in [9.17, 15) is 13.2 Å². The molecule has 1 aliphatic rings. The number of sulfonamides is 1. The van der Waals surface area contributed by atoms with Crippen molar-refractivity contribution in [2.75, 3.05) is 25.1 Å². The van der Waals surface area contributed by atoms with E-state index in [1.165, 1.54) is 19.2 Å². The molecule has 0 radical (unpaired) electrons. The van der Waals surface area contributed by atoms with Crippen LogP contribution in [-0.2, 0) is 14.8 Å². The van der Waals surface area contributed by atoms with E-state index in [2.05, 4.69) is 18.7 Å². The van der Waals surface area contributed by atoms with E-state index in [-0.39, 0.29) is 15.9 Å². The first-order valence-corrected chi connectivity index (χ1v) is 8.69. The second kappa shape index (κ2) is 5.89. The number of piperidine rings is 1. The lowest BCUT2D eigenvalue weighted by Gasteiger charge is -2.40. The average Bonchev–Trinajstić information content (AvgIpc) is 2.43. The normalized spacial score (nSPS) is 18.1. The van der Waals surface area contributed by atoms with Gasteiger partial charge in [-0.2, -0.15) is 0 Å². The topological polar surface area (TPSA) is 89.7 Å². The molecule has 0 saturated carbocycles. The molecule has 122 valence electrons. The molecular weight excluding hydrogens is 304 g/mol. The third kappa shape index (κ3) is 3.59. The van der Waals surface area contributed by atoms with Crippen molar-refractivity contribution in [1.82, 2.24) is 0 Å². The molecule has 0 amide bonds. The Hall–Kier alpha value is -1.60. The molecule has 0 aliphatic carbocycles. The van der Waals surface area contributed by atoms with Gasteiger partial charge < -0.3 is 9.64 Å². The minimum absolute atomic E-state index is 0.0899. The van der Waals surface area contributed by atoms with Crippen LogP contribution in [0.15, 0.2) is 23.1 Å². The first kappa shape index (κ1) is 16.8. The summed E-state index contributed by atoms with van der Waals surface area (Å²) in [5, 5.41) is 5.15. The largest absolute Gasteiger partial charge is 0.465 e. The van der Waals surface area contributed by atoms with Crippen molar-refractivity contribution in [2.45, 2.75) is 31.6 Å². The Labute approximate surface area is 131 Å². The highest BCUT2D eigenvalue weighted by molar-refractivity contribution is 7.89. The first-order valence-electron chi connectivity index (χ1n) is 7.14. The van der Waals surface area contributed by atoms with Crippen molar-refractivity contribution in [3.8, 4) is 0 Å². The molecule has 1 aromatic rings. The van der Waals surface area contributed by atoms with Crippen LogP contribution in [0, 0.1) is 5.41 Å². The van der Waals surface area contributed by atoms with Crippen molar-refractivity contribution >= 4 is 21.7 Å². The summed E-state index contributed by atoms with van der Waals surface area (Å²) >= 11 is 0. The van der Waals surface area contributed by atoms with Gasteiger partial charge in [-0.1, -0.05) is 13.8 Å². The summed E-state index contributed by atoms with van der Waals surface area (Å²) in [4.78, 5) is 14.0. The molecule has 0 bridgehead atoms. The Morgan fingerprint density at radius 2 is 2.05 bits per heavy atom. The Kier molecular flexibility index (Phi) is 4.49. The maximum absolute atomic E-state index is 12.0. The molecule has 0 atom stereocenters. The van der Waals surface area contributed by atoms with E-state index in [1.807, 2.05) is 0 Å². The van der Waals surface area contributed by atoms with Gasteiger partial charge in [0.15, 0.2) is 0 Å². The van der Waals surface area contributed by atoms with Gasteiger partial charge in [0.25, 0.3) is 0 Å². The molecule has 0 spiro atoms. The number of ether oxygens (including phenoxy) is 1. The fraction of sp³-hybridized carbons (Fsp3) is 0.533. The van der Waals surface area contributed by atoms with Gasteiger partial charge in [0.05, 0.1) is 23.3 Å². The number of benzene rings is 1. The molecule has 7 heteroatoms. The van der Waals surface area contributed by atoms with E-state index in [4.69, 9.17) is 9.88 Å². The maximum Gasteiger partial charge on any atom is 0.340 e. The summed E-state index contributed by atoms with van der Waals surface area (Å²) in [6, 6.07) is 4.35. The summed E-state index contributed by atoms with van der Waals surface area (Å²) in [6.07, 6.45) is 2.14. The number of nitrogens with two attached hydrogens (primary N) is 1. The summed E-state index contributed by atoms with van der Waals surface area (Å²) in [7, 11) is -2.59. The number of esters is 1. The molecule has 1 aromatic carbocycles. The van der Waals surface area contributed by atoms with Gasteiger partial charge in [-0.05, 0) is 36.5 Å². The van der Waals surface area contributed by atoms with Gasteiger partial charge in [-0.25, -0.2) is 18.4 Å². The molecule has 1 aliphatic heterocycles. The zero-order valence-electron chi connectivity index (χ0n) is 13.1. The van der Waals surface area contributed by atoms with Gasteiger partial charge in [-0.3, -0.25) is 0 Å². The Morgan fingerprint density at radius 1 is 1.36 bits per heavy atom. The van der Waals surface area contributed by atoms with Gasteiger partial charge in [0.2, 0.25) is 10.0 Å². The highest BCUT2D eigenvalue weighted by atomic mass is 32.2. The van der Waals surface area contributed by atoms with Crippen LogP contribution in [0.3, 0.4) is 0 Å². The molecular formula is C15H22N2O4S. The van der Waals surface area contributed by atoms with E-state index in [1.54, 1.807) is 6.07 Å². The number of methoxy groups -OCH3 is 1. The van der Waals surface area contributed by atoms with Crippen LogP contribution >= 0.6 is 0 Å². The summed E-state index contributed by atoms with van der Waals surface area (Å²) in [5.41, 5.74) is 1.06. The van der Waals surface area contributed by atoms with E-state index in [0.717, 1.165) is 25.9 Å². The van der Waals surface area contributed by atoms with E-state index in [0.29, 0.717) is 5.69 Å². The number of anilines is 1. The molecule has 0 unspecified atom stereocenters. The maximum atomic E-state index is 12.0. The van der Waals surface area contributed by atoms with Crippen LogP contribution in [0.5, 0.6) is 0 Å². The molecule has 0 aromatic heterocycles. The number of hydrogen-bond acceptors (Lipinski definition) is 5. The zero-order valence-corrected chi connectivity index (χ0v) is 13.9. The Morgan fingerprint density at radius 3 is 2.59 bits per heavy atom. The zero-order chi connectivity index (χ0) is 16.5. The SMILES string of the molecule is COC(=O)c1cc(S(N)(=O)=O)ccc1N1CCCC(C)(C)C1. The van der Waals surface area contributed by atoms with Crippen molar-refractivity contribution < 1.29 is 17.9 Å². The monoisotopic (exact) mass is 326 g/mol. The average molecular weight is 326 g/mol. The minimum Gasteiger partial charge on any atom is -0.465 e. The number of hydrogen-bond donors (Lipinski definition) is 1. The minimum atomic E-state index is -3.86. The van der Waals surface area contributed by atoms with Gasteiger partial charge in [0.1, 0.15) is 0 Å².